The lowest BCUT2D eigenvalue weighted by Gasteiger charge is -2.24. The average Bonchev–Trinajstić information content (AvgIpc) is 2.14. The Morgan fingerprint density at radius 1 is 1.38 bits per heavy atom. The van der Waals surface area contributed by atoms with Crippen LogP contribution >= 0.6 is 0 Å². The molecule has 0 aliphatic heterocycles. The van der Waals surface area contributed by atoms with Crippen LogP contribution < -0.4 is 5.32 Å². The number of carbonyl (C=O) groups is 1. The van der Waals surface area contributed by atoms with Crippen LogP contribution in [0.3, 0.4) is 0 Å². The van der Waals surface area contributed by atoms with E-state index in [0.717, 1.165) is 5.56 Å². The number of aryl methyl sites for hydroxylation is 1. The molecule has 0 atom stereocenters. The summed E-state index contributed by atoms with van der Waals surface area (Å²) in [5, 5.41) is 3.09. The van der Waals surface area contributed by atoms with Gasteiger partial charge in [-0.2, -0.15) is 0 Å². The molecular formula is C13H18FNO. The maximum absolute atomic E-state index is 13.2. The Hall–Kier alpha value is -1.22. The van der Waals surface area contributed by atoms with Crippen molar-refractivity contribution in [1.29, 1.82) is 0 Å². The normalized spacial score (nSPS) is 11.6. The number of nitrogens with one attached hydrogen (secondary N) is 1. The van der Waals surface area contributed by atoms with Crippen LogP contribution in [0.2, 0.25) is 0 Å². The third-order valence-corrected chi connectivity index (χ3v) is 2.49. The summed E-state index contributed by atoms with van der Waals surface area (Å²) in [6, 6.07) is 4.41. The van der Waals surface area contributed by atoms with Gasteiger partial charge in [-0.05, 0) is 51.1 Å². The fourth-order valence-corrected chi connectivity index (χ4v) is 1.75. The number of ketones is 1. The molecule has 3 heteroatoms. The number of halogens is 1. The zero-order valence-electron chi connectivity index (χ0n) is 10.2. The lowest BCUT2D eigenvalue weighted by atomic mass is 9.92. The summed E-state index contributed by atoms with van der Waals surface area (Å²) in [4.78, 5) is 12.1. The quantitative estimate of drug-likeness (QED) is 0.795. The van der Waals surface area contributed by atoms with Gasteiger partial charge in [-0.1, -0.05) is 6.92 Å². The maximum Gasteiger partial charge on any atom is 0.182 e. The summed E-state index contributed by atoms with van der Waals surface area (Å²) in [6.45, 7) is 8.02. The van der Waals surface area contributed by atoms with E-state index < -0.39 is 5.54 Å². The smallest absolute Gasteiger partial charge is 0.182 e. The number of benzene rings is 1. The second kappa shape index (κ2) is 4.74. The van der Waals surface area contributed by atoms with Gasteiger partial charge in [0.05, 0.1) is 5.54 Å². The molecule has 0 radical (unpaired) electrons. The van der Waals surface area contributed by atoms with E-state index in [-0.39, 0.29) is 11.6 Å². The summed E-state index contributed by atoms with van der Waals surface area (Å²) < 4.78 is 13.2. The molecule has 0 aliphatic rings. The Morgan fingerprint density at radius 2 is 2.00 bits per heavy atom. The van der Waals surface area contributed by atoms with Crippen LogP contribution in [0.15, 0.2) is 18.2 Å². The van der Waals surface area contributed by atoms with E-state index in [1.54, 1.807) is 26.8 Å². The topological polar surface area (TPSA) is 29.1 Å². The summed E-state index contributed by atoms with van der Waals surface area (Å²) in [7, 11) is 0. The molecule has 0 aliphatic carbocycles. The van der Waals surface area contributed by atoms with Crippen molar-refractivity contribution >= 4 is 5.78 Å². The van der Waals surface area contributed by atoms with E-state index in [2.05, 4.69) is 5.32 Å². The van der Waals surface area contributed by atoms with E-state index in [1.165, 1.54) is 12.1 Å². The minimum atomic E-state index is -0.658. The van der Waals surface area contributed by atoms with Gasteiger partial charge >= 0.3 is 0 Å². The van der Waals surface area contributed by atoms with Gasteiger partial charge in [-0.25, -0.2) is 4.39 Å². The van der Waals surface area contributed by atoms with Gasteiger partial charge in [0.1, 0.15) is 5.82 Å². The number of hydrogen-bond donors (Lipinski definition) is 1. The Morgan fingerprint density at radius 3 is 2.50 bits per heavy atom. The minimum absolute atomic E-state index is 0.0862. The molecule has 1 rings (SSSR count). The van der Waals surface area contributed by atoms with Crippen molar-refractivity contribution in [3.05, 3.63) is 35.1 Å². The van der Waals surface area contributed by atoms with Crippen LogP contribution in [0.5, 0.6) is 0 Å². The van der Waals surface area contributed by atoms with E-state index in [4.69, 9.17) is 0 Å². The molecule has 0 unspecified atom stereocenters. The van der Waals surface area contributed by atoms with Crippen molar-refractivity contribution in [2.45, 2.75) is 33.2 Å². The van der Waals surface area contributed by atoms with Crippen molar-refractivity contribution < 1.29 is 9.18 Å². The van der Waals surface area contributed by atoms with Gasteiger partial charge in [-0.3, -0.25) is 4.79 Å². The highest BCUT2D eigenvalue weighted by Crippen LogP contribution is 2.15. The first kappa shape index (κ1) is 12.8. The predicted molar refractivity (Wildman–Crippen MR) is 63.2 cm³/mol. The van der Waals surface area contributed by atoms with Crippen LogP contribution in [0, 0.1) is 12.7 Å². The number of hydrogen-bond acceptors (Lipinski definition) is 2. The first-order valence-corrected chi connectivity index (χ1v) is 5.44. The van der Waals surface area contributed by atoms with Gasteiger partial charge in [0.15, 0.2) is 5.78 Å². The maximum atomic E-state index is 13.2. The zero-order valence-corrected chi connectivity index (χ0v) is 10.2. The fourth-order valence-electron chi connectivity index (χ4n) is 1.75. The lowest BCUT2D eigenvalue weighted by molar-refractivity contribution is 0.0883. The third-order valence-electron chi connectivity index (χ3n) is 2.49. The van der Waals surface area contributed by atoms with Crippen LogP contribution in [0.1, 0.15) is 36.7 Å². The van der Waals surface area contributed by atoms with Gasteiger partial charge in [0.25, 0.3) is 0 Å². The molecule has 0 amide bonds. The highest BCUT2D eigenvalue weighted by Gasteiger charge is 2.27. The molecular weight excluding hydrogens is 205 g/mol. The van der Waals surface area contributed by atoms with E-state index >= 15 is 0 Å². The second-order valence-corrected chi connectivity index (χ2v) is 4.50. The highest BCUT2D eigenvalue weighted by atomic mass is 19.1. The third kappa shape index (κ3) is 2.89. The lowest BCUT2D eigenvalue weighted by Crippen LogP contribution is -2.46. The van der Waals surface area contributed by atoms with Crippen molar-refractivity contribution in [2.24, 2.45) is 0 Å². The van der Waals surface area contributed by atoms with E-state index in [1.807, 2.05) is 6.92 Å². The molecule has 1 aromatic carbocycles. The minimum Gasteiger partial charge on any atom is -0.305 e. The first-order chi connectivity index (χ1) is 7.36. The van der Waals surface area contributed by atoms with Gasteiger partial charge < -0.3 is 5.32 Å². The summed E-state index contributed by atoms with van der Waals surface area (Å²) in [5.74, 6) is -0.451. The fraction of sp³-hybridized carbons (Fsp3) is 0.462. The summed E-state index contributed by atoms with van der Waals surface area (Å²) in [5.41, 5.74) is 0.522. The van der Waals surface area contributed by atoms with Crippen LogP contribution in [0.25, 0.3) is 0 Å². The molecule has 16 heavy (non-hydrogen) atoms. The molecule has 0 saturated heterocycles. The van der Waals surface area contributed by atoms with Crippen molar-refractivity contribution in [3.8, 4) is 0 Å². The second-order valence-electron chi connectivity index (χ2n) is 4.50. The Labute approximate surface area is 95.9 Å². The molecule has 0 aromatic heterocycles. The SMILES string of the molecule is CCNC(C)(C)C(=O)c1cc(C)cc(F)c1. The number of Topliss-reactive ketones (excluding diaryl/α,β-unsaturated/α-hetero) is 1. The molecule has 88 valence electrons. The molecule has 1 N–H and O–H groups in total. The van der Waals surface area contributed by atoms with Crippen LogP contribution in [-0.2, 0) is 0 Å². The Kier molecular flexibility index (Phi) is 3.81. The van der Waals surface area contributed by atoms with Gasteiger partial charge in [-0.15, -0.1) is 0 Å². The van der Waals surface area contributed by atoms with Gasteiger partial charge in [0.2, 0.25) is 0 Å². The van der Waals surface area contributed by atoms with E-state index in [0.29, 0.717) is 12.1 Å². The monoisotopic (exact) mass is 223 g/mol. The predicted octanol–water partition coefficient (Wildman–Crippen LogP) is 2.70. The molecule has 0 spiro atoms. The van der Waals surface area contributed by atoms with Crippen molar-refractivity contribution in [1.82, 2.24) is 5.32 Å². The van der Waals surface area contributed by atoms with Gasteiger partial charge in [0, 0.05) is 5.56 Å². The molecule has 1 aromatic rings. The zero-order chi connectivity index (χ0) is 12.3. The molecule has 0 saturated carbocycles. The van der Waals surface area contributed by atoms with Crippen LogP contribution in [-0.4, -0.2) is 17.9 Å². The number of carbonyl (C=O) groups excluding carboxylic acids is 1. The molecule has 0 bridgehead atoms. The Bertz CT molecular complexity index is 379. The van der Waals surface area contributed by atoms with Crippen LogP contribution in [0.4, 0.5) is 4.39 Å². The molecule has 2 nitrogen and oxygen atoms in total. The first-order valence-electron chi connectivity index (χ1n) is 5.44. The average molecular weight is 223 g/mol. The standard InChI is InChI=1S/C13H18FNO/c1-5-15-13(3,4)12(16)10-6-9(2)7-11(14)8-10/h6-8,15H,5H2,1-4H3. The largest absolute Gasteiger partial charge is 0.305 e. The summed E-state index contributed by atoms with van der Waals surface area (Å²) >= 11 is 0. The van der Waals surface area contributed by atoms with Crippen molar-refractivity contribution in [2.75, 3.05) is 6.54 Å². The van der Waals surface area contributed by atoms with Crippen molar-refractivity contribution in [3.63, 3.8) is 0 Å². The molecule has 0 fully saturated rings. The van der Waals surface area contributed by atoms with E-state index in [9.17, 15) is 9.18 Å². The molecule has 0 heterocycles. The highest BCUT2D eigenvalue weighted by molar-refractivity contribution is 6.02. The Balaban J connectivity index is 3.04. The number of likely N-dealkylation sites (N-methyl/N-ethyl adjacent to an activating group) is 1. The summed E-state index contributed by atoms with van der Waals surface area (Å²) in [6.07, 6.45) is 0. The number of rotatable bonds is 4.